The number of urea groups is 1. The van der Waals surface area contributed by atoms with Crippen LogP contribution in [0.5, 0.6) is 0 Å². The third kappa shape index (κ3) is 4.57. The molecule has 0 unspecified atom stereocenters. The molecule has 3 aromatic rings. The summed E-state index contributed by atoms with van der Waals surface area (Å²) in [6.07, 6.45) is 0. The van der Waals surface area contributed by atoms with Gasteiger partial charge in [0, 0.05) is 0 Å². The fourth-order valence-electron chi connectivity index (χ4n) is 4.94. The maximum absolute atomic E-state index is 13.9. The highest BCUT2D eigenvalue weighted by Gasteiger charge is 2.46. The first-order valence-corrected chi connectivity index (χ1v) is 13.2. The van der Waals surface area contributed by atoms with Gasteiger partial charge in [-0.15, -0.1) is 0 Å². The van der Waals surface area contributed by atoms with Gasteiger partial charge in [-0.25, -0.2) is 19.6 Å². The van der Waals surface area contributed by atoms with Crippen molar-refractivity contribution in [3.63, 3.8) is 0 Å². The summed E-state index contributed by atoms with van der Waals surface area (Å²) >= 11 is 0. The maximum Gasteiger partial charge on any atom is 0.343 e. The highest BCUT2D eigenvalue weighted by atomic mass is 16.2. The number of amides is 2. The molecule has 0 aromatic heterocycles. The van der Waals surface area contributed by atoms with Gasteiger partial charge in [0.05, 0.1) is 17.1 Å². The van der Waals surface area contributed by atoms with Crippen LogP contribution in [0.3, 0.4) is 0 Å². The monoisotopic (exact) mass is 481 g/mol. The van der Waals surface area contributed by atoms with Crippen LogP contribution in [0.2, 0.25) is 0 Å². The number of hydrogen-bond donors (Lipinski definition) is 0. The molecule has 188 valence electrons. The summed E-state index contributed by atoms with van der Waals surface area (Å²) in [5.41, 5.74) is 7.51. The Hall–Kier alpha value is -3.40. The normalized spacial score (nSPS) is 15.1. The van der Waals surface area contributed by atoms with Crippen molar-refractivity contribution >= 4 is 29.1 Å². The number of rotatable bonds is 7. The molecule has 2 amide bonds. The predicted octanol–water partition coefficient (Wildman–Crippen LogP) is 9.31. The van der Waals surface area contributed by atoms with Crippen molar-refractivity contribution in [2.75, 3.05) is 9.80 Å². The van der Waals surface area contributed by atoms with Crippen molar-refractivity contribution in [3.05, 3.63) is 89.0 Å². The average Bonchev–Trinajstić information content (AvgIpc) is 2.84. The van der Waals surface area contributed by atoms with Gasteiger partial charge in [-0.3, -0.25) is 0 Å². The lowest BCUT2D eigenvalue weighted by Crippen LogP contribution is -2.66. The molecule has 0 bridgehead atoms. The van der Waals surface area contributed by atoms with E-state index in [1.165, 1.54) is 11.1 Å². The molecule has 1 heterocycles. The zero-order valence-electron chi connectivity index (χ0n) is 22.9. The number of anilines is 2. The van der Waals surface area contributed by atoms with Crippen LogP contribution >= 0.6 is 0 Å². The summed E-state index contributed by atoms with van der Waals surface area (Å²) < 4.78 is 0. The first-order valence-electron chi connectivity index (χ1n) is 13.2. The molecular formula is C32H39N3O. The zero-order chi connectivity index (χ0) is 26.1. The number of carbonyl (C=O) groups is 1. The summed E-state index contributed by atoms with van der Waals surface area (Å²) in [5, 5.41) is 0. The van der Waals surface area contributed by atoms with E-state index in [0.717, 1.165) is 28.2 Å². The van der Waals surface area contributed by atoms with Crippen LogP contribution in [0.25, 0.3) is 0 Å². The number of aliphatic imine (C=N–C) groups is 1. The summed E-state index contributed by atoms with van der Waals surface area (Å²) in [5.74, 6) is 1.83. The van der Waals surface area contributed by atoms with Gasteiger partial charge in [0.1, 0.15) is 0 Å². The van der Waals surface area contributed by atoms with Crippen LogP contribution in [-0.2, 0) is 0 Å². The van der Waals surface area contributed by atoms with Gasteiger partial charge in [0.25, 0.3) is 0 Å². The van der Waals surface area contributed by atoms with Crippen LogP contribution in [0.15, 0.2) is 71.7 Å². The maximum atomic E-state index is 13.9. The van der Waals surface area contributed by atoms with E-state index in [2.05, 4.69) is 91.8 Å². The lowest BCUT2D eigenvalue weighted by atomic mass is 9.91. The zero-order valence-corrected chi connectivity index (χ0v) is 22.9. The molecule has 4 nitrogen and oxygen atoms in total. The number of carbonyl (C=O) groups excluding carboxylic acids is 1. The average molecular weight is 482 g/mol. The molecular weight excluding hydrogens is 442 g/mol. The van der Waals surface area contributed by atoms with Crippen molar-refractivity contribution in [3.8, 4) is 0 Å². The van der Waals surface area contributed by atoms with E-state index in [1.54, 1.807) is 4.90 Å². The highest BCUT2D eigenvalue weighted by molar-refractivity contribution is 6.43. The Morgan fingerprint density at radius 1 is 0.556 bits per heavy atom. The Morgan fingerprint density at radius 2 is 1.00 bits per heavy atom. The van der Waals surface area contributed by atoms with Crippen LogP contribution in [-0.4, -0.2) is 12.0 Å². The van der Waals surface area contributed by atoms with Gasteiger partial charge >= 0.3 is 6.03 Å². The Morgan fingerprint density at radius 3 is 1.44 bits per heavy atom. The van der Waals surface area contributed by atoms with E-state index in [0.29, 0.717) is 17.8 Å². The molecule has 3 aromatic carbocycles. The molecule has 36 heavy (non-hydrogen) atoms. The smallest absolute Gasteiger partial charge is 0.247 e. The predicted molar refractivity (Wildman–Crippen MR) is 153 cm³/mol. The van der Waals surface area contributed by atoms with E-state index in [-0.39, 0.29) is 17.9 Å². The molecule has 1 fully saturated rings. The van der Waals surface area contributed by atoms with Gasteiger partial charge in [-0.05, 0) is 58.1 Å². The molecule has 0 N–H and O–H groups in total. The van der Waals surface area contributed by atoms with Gasteiger partial charge in [0.15, 0.2) is 0 Å². The molecule has 4 rings (SSSR count). The van der Waals surface area contributed by atoms with E-state index >= 15 is 0 Å². The van der Waals surface area contributed by atoms with Crippen molar-refractivity contribution < 1.29 is 4.79 Å². The second kappa shape index (κ2) is 10.3. The van der Waals surface area contributed by atoms with Crippen molar-refractivity contribution in [2.24, 2.45) is 4.99 Å². The number of guanidine groups is 1. The Bertz CT molecular complexity index is 1220. The molecule has 4 heteroatoms. The van der Waals surface area contributed by atoms with Crippen LogP contribution in [0.4, 0.5) is 21.9 Å². The third-order valence-electron chi connectivity index (χ3n) is 6.92. The molecule has 1 saturated heterocycles. The van der Waals surface area contributed by atoms with Gasteiger partial charge in [0.2, 0.25) is 5.96 Å². The highest BCUT2D eigenvalue weighted by Crippen LogP contribution is 2.42. The lowest BCUT2D eigenvalue weighted by Gasteiger charge is -2.44. The van der Waals surface area contributed by atoms with E-state index in [4.69, 9.17) is 4.99 Å². The summed E-state index contributed by atoms with van der Waals surface area (Å²) in [7, 11) is 0. The minimum atomic E-state index is -0.0666. The Balaban J connectivity index is 2.01. The molecule has 1 aliphatic heterocycles. The van der Waals surface area contributed by atoms with E-state index in [9.17, 15) is 4.79 Å². The van der Waals surface area contributed by atoms with E-state index in [1.807, 2.05) is 35.2 Å². The largest absolute Gasteiger partial charge is 0.343 e. The first kappa shape index (κ1) is 25.7. The topological polar surface area (TPSA) is 35.9 Å². The van der Waals surface area contributed by atoms with Gasteiger partial charge < -0.3 is 0 Å². The molecule has 0 atom stereocenters. The summed E-state index contributed by atoms with van der Waals surface area (Å²) in [6, 6.07) is 22.6. The number of hydrogen-bond acceptors (Lipinski definition) is 2. The minimum Gasteiger partial charge on any atom is -0.247 e. The molecule has 0 saturated carbocycles. The first-order chi connectivity index (χ1) is 17.1. The molecule has 0 spiro atoms. The van der Waals surface area contributed by atoms with Gasteiger partial charge in [-0.1, -0.05) is 110 Å². The standard InChI is InChI=1S/C32H39N3O/c1-20(2)25-16-12-17-26(21(3)4)29(25)33-31-34(24-14-10-9-11-15-24)32(36)35(31)30-27(22(5)6)18-13-19-28(30)23(7)8/h9-23H,1-8H3. The van der Waals surface area contributed by atoms with Crippen LogP contribution in [0, 0.1) is 0 Å². The molecule has 0 aliphatic carbocycles. The van der Waals surface area contributed by atoms with Crippen LogP contribution in [0.1, 0.15) is 101 Å². The molecule has 1 aliphatic rings. The Labute approximate surface area is 216 Å². The van der Waals surface area contributed by atoms with Crippen molar-refractivity contribution in [1.82, 2.24) is 0 Å². The van der Waals surface area contributed by atoms with Crippen LogP contribution < -0.4 is 9.80 Å². The van der Waals surface area contributed by atoms with Crippen molar-refractivity contribution in [1.29, 1.82) is 0 Å². The third-order valence-corrected chi connectivity index (χ3v) is 6.92. The number of benzene rings is 3. The number of para-hydroxylation sites is 3. The Kier molecular flexibility index (Phi) is 7.35. The van der Waals surface area contributed by atoms with Crippen molar-refractivity contribution in [2.45, 2.75) is 79.1 Å². The SMILES string of the molecule is CC(C)c1cccc(C(C)C)c1N=C1N(c2ccccc2)C(=O)N1c1c(C(C)C)cccc1C(C)C. The summed E-state index contributed by atoms with van der Waals surface area (Å²) in [6.45, 7) is 17.5. The van der Waals surface area contributed by atoms with E-state index < -0.39 is 0 Å². The lowest BCUT2D eigenvalue weighted by molar-refractivity contribution is 0.252. The second-order valence-corrected chi connectivity index (χ2v) is 10.9. The fraction of sp³-hybridized carbons (Fsp3) is 0.375. The molecule has 0 radical (unpaired) electrons. The minimum absolute atomic E-state index is 0.0666. The summed E-state index contributed by atoms with van der Waals surface area (Å²) in [4.78, 5) is 22.8. The fourth-order valence-corrected chi connectivity index (χ4v) is 4.94. The second-order valence-electron chi connectivity index (χ2n) is 10.9. The van der Waals surface area contributed by atoms with Gasteiger partial charge in [-0.2, -0.15) is 0 Å². The quantitative estimate of drug-likeness (QED) is 0.331. The number of nitrogens with zero attached hydrogens (tertiary/aromatic N) is 3.